The van der Waals surface area contributed by atoms with Crippen molar-refractivity contribution < 1.29 is 9.53 Å². The number of carbonyl (C=O) groups is 1. The van der Waals surface area contributed by atoms with E-state index in [0.717, 1.165) is 35.3 Å². The average molecular weight is 397 g/mol. The Balaban J connectivity index is 0.000000426. The zero-order valence-electron chi connectivity index (χ0n) is 18.0. The molecule has 1 fully saturated rings. The van der Waals surface area contributed by atoms with Gasteiger partial charge >= 0.3 is 0 Å². The van der Waals surface area contributed by atoms with Gasteiger partial charge in [0, 0.05) is 6.42 Å². The van der Waals surface area contributed by atoms with Crippen LogP contribution in [0.1, 0.15) is 79.7 Å². The Kier molecular flexibility index (Phi) is 9.72. The van der Waals surface area contributed by atoms with Crippen LogP contribution in [0.25, 0.3) is 0 Å². The molecule has 1 aliphatic carbocycles. The molecule has 1 saturated carbocycles. The molecule has 1 atom stereocenters. The molecule has 0 radical (unpaired) electrons. The minimum Gasteiger partial charge on any atom is -0.497 e. The minimum absolute atomic E-state index is 0.166. The molecule has 0 aliphatic heterocycles. The Hall–Kier alpha value is -2.33. The topological polar surface area (TPSA) is 78.3 Å². The number of aryl methyl sites for hydroxylation is 2. The lowest BCUT2D eigenvalue weighted by Crippen LogP contribution is -2.13. The molecule has 0 saturated heterocycles. The predicted octanol–water partition coefficient (Wildman–Crippen LogP) is 5.20. The summed E-state index contributed by atoms with van der Waals surface area (Å²) < 4.78 is 5.23. The number of carbonyl (C=O) groups excluding carboxylic acids is 1. The summed E-state index contributed by atoms with van der Waals surface area (Å²) in [7, 11) is 1.66. The third-order valence-corrected chi connectivity index (χ3v) is 5.54. The Morgan fingerprint density at radius 2 is 1.59 bits per heavy atom. The Morgan fingerprint density at radius 1 is 1.00 bits per heavy atom. The van der Waals surface area contributed by atoms with E-state index in [1.807, 2.05) is 37.3 Å². The van der Waals surface area contributed by atoms with E-state index >= 15 is 0 Å². The first kappa shape index (κ1) is 23.0. The fourth-order valence-corrected chi connectivity index (χ4v) is 3.72. The molecule has 0 bridgehead atoms. The molecule has 4 heteroatoms. The highest BCUT2D eigenvalue weighted by atomic mass is 16.5. The first-order valence-electron chi connectivity index (χ1n) is 10.8. The van der Waals surface area contributed by atoms with Crippen molar-refractivity contribution in [2.75, 3.05) is 7.11 Å². The summed E-state index contributed by atoms with van der Waals surface area (Å²) in [5.41, 5.74) is 16.0. The molecule has 0 heterocycles. The van der Waals surface area contributed by atoms with Crippen LogP contribution in [0.2, 0.25) is 0 Å². The number of methoxy groups -OCH3 is 1. The molecule has 2 aromatic carbocycles. The van der Waals surface area contributed by atoms with Gasteiger partial charge in [0.05, 0.1) is 13.2 Å². The van der Waals surface area contributed by atoms with Crippen LogP contribution in [0.15, 0.2) is 42.5 Å². The Bertz CT molecular complexity index is 740. The van der Waals surface area contributed by atoms with Crippen molar-refractivity contribution in [1.82, 2.24) is 0 Å². The van der Waals surface area contributed by atoms with Crippen molar-refractivity contribution in [3.8, 4) is 5.75 Å². The predicted molar refractivity (Wildman–Crippen MR) is 120 cm³/mol. The van der Waals surface area contributed by atoms with E-state index in [9.17, 15) is 4.79 Å². The zero-order valence-corrected chi connectivity index (χ0v) is 18.0. The highest BCUT2D eigenvalue weighted by molar-refractivity contribution is 5.73. The quantitative estimate of drug-likeness (QED) is 0.675. The zero-order chi connectivity index (χ0) is 21.1. The van der Waals surface area contributed by atoms with Gasteiger partial charge in [-0.1, -0.05) is 68.9 Å². The van der Waals surface area contributed by atoms with Crippen LogP contribution >= 0.6 is 0 Å². The highest BCUT2D eigenvalue weighted by Crippen LogP contribution is 2.26. The van der Waals surface area contributed by atoms with Crippen LogP contribution in [0.3, 0.4) is 0 Å². The van der Waals surface area contributed by atoms with Gasteiger partial charge in [-0.05, 0) is 54.2 Å². The minimum atomic E-state index is -0.251. The number of nitrogens with two attached hydrogens (primary N) is 2. The van der Waals surface area contributed by atoms with Crippen LogP contribution in [0.5, 0.6) is 5.75 Å². The summed E-state index contributed by atoms with van der Waals surface area (Å²) in [6.07, 6.45) is 11.0. The first-order chi connectivity index (χ1) is 14.0. The van der Waals surface area contributed by atoms with Crippen LogP contribution < -0.4 is 16.2 Å². The SMILES string of the molecule is C1CCCCC1.COc1ccc(C(N)c2ccc(CCCC(N)=O)cc2)c(C)c1. The van der Waals surface area contributed by atoms with E-state index in [1.165, 1.54) is 44.1 Å². The van der Waals surface area contributed by atoms with Crippen LogP contribution in [0.4, 0.5) is 0 Å². The van der Waals surface area contributed by atoms with Gasteiger partial charge in [-0.15, -0.1) is 0 Å². The molecule has 2 aromatic rings. The molecule has 0 aromatic heterocycles. The largest absolute Gasteiger partial charge is 0.497 e. The van der Waals surface area contributed by atoms with Crippen LogP contribution in [-0.2, 0) is 11.2 Å². The number of rotatable bonds is 7. The van der Waals surface area contributed by atoms with E-state index in [4.69, 9.17) is 16.2 Å². The third kappa shape index (κ3) is 7.90. The second-order valence-corrected chi connectivity index (χ2v) is 7.88. The van der Waals surface area contributed by atoms with Gasteiger partial charge in [-0.3, -0.25) is 4.79 Å². The molecule has 1 unspecified atom stereocenters. The monoisotopic (exact) mass is 396 g/mol. The second-order valence-electron chi connectivity index (χ2n) is 7.88. The Morgan fingerprint density at radius 3 is 2.07 bits per heavy atom. The van der Waals surface area contributed by atoms with Gasteiger partial charge in [0.25, 0.3) is 0 Å². The second kappa shape index (κ2) is 12.3. The number of benzene rings is 2. The molecule has 158 valence electrons. The van der Waals surface area contributed by atoms with Crippen molar-refractivity contribution in [3.63, 3.8) is 0 Å². The number of primary amides is 1. The lowest BCUT2D eigenvalue weighted by molar-refractivity contribution is -0.118. The highest BCUT2D eigenvalue weighted by Gasteiger charge is 2.12. The van der Waals surface area contributed by atoms with Gasteiger partial charge in [0.2, 0.25) is 5.91 Å². The van der Waals surface area contributed by atoms with Crippen molar-refractivity contribution in [2.24, 2.45) is 11.5 Å². The maximum Gasteiger partial charge on any atom is 0.217 e. The van der Waals surface area contributed by atoms with Crippen molar-refractivity contribution >= 4 is 5.91 Å². The maximum atomic E-state index is 10.8. The molecule has 29 heavy (non-hydrogen) atoms. The van der Waals surface area contributed by atoms with Gasteiger partial charge in [-0.25, -0.2) is 0 Å². The van der Waals surface area contributed by atoms with Gasteiger partial charge < -0.3 is 16.2 Å². The van der Waals surface area contributed by atoms with E-state index < -0.39 is 0 Å². The van der Waals surface area contributed by atoms with Crippen molar-refractivity contribution in [3.05, 3.63) is 64.7 Å². The molecule has 3 rings (SSSR count). The van der Waals surface area contributed by atoms with E-state index in [-0.39, 0.29) is 11.9 Å². The number of hydrogen-bond acceptors (Lipinski definition) is 3. The fraction of sp³-hybridized carbons (Fsp3) is 0.480. The first-order valence-corrected chi connectivity index (χ1v) is 10.8. The normalized spacial score (nSPS) is 14.4. The van der Waals surface area contributed by atoms with E-state index in [1.54, 1.807) is 7.11 Å². The number of amides is 1. The van der Waals surface area contributed by atoms with Gasteiger partial charge in [0.15, 0.2) is 0 Å². The van der Waals surface area contributed by atoms with Gasteiger partial charge in [-0.2, -0.15) is 0 Å². The maximum absolute atomic E-state index is 10.8. The fourth-order valence-electron chi connectivity index (χ4n) is 3.72. The molecule has 4 N–H and O–H groups in total. The smallest absolute Gasteiger partial charge is 0.217 e. The lowest BCUT2D eigenvalue weighted by atomic mass is 9.94. The Labute approximate surface area is 175 Å². The van der Waals surface area contributed by atoms with Crippen molar-refractivity contribution in [2.45, 2.75) is 70.8 Å². The molecular weight excluding hydrogens is 360 g/mol. The molecule has 1 aliphatic rings. The summed E-state index contributed by atoms with van der Waals surface area (Å²) in [5, 5.41) is 0. The molecule has 0 spiro atoms. The number of hydrogen-bond donors (Lipinski definition) is 2. The van der Waals surface area contributed by atoms with Crippen molar-refractivity contribution in [1.29, 1.82) is 0 Å². The average Bonchev–Trinajstić information content (AvgIpc) is 2.75. The lowest BCUT2D eigenvalue weighted by Gasteiger charge is -2.16. The van der Waals surface area contributed by atoms with Crippen LogP contribution in [0, 0.1) is 6.92 Å². The molecular formula is C25H36N2O2. The van der Waals surface area contributed by atoms with Crippen LogP contribution in [-0.4, -0.2) is 13.0 Å². The summed E-state index contributed by atoms with van der Waals surface area (Å²) in [5.74, 6) is 0.585. The number of ether oxygens (including phenoxy) is 1. The van der Waals surface area contributed by atoms with E-state index in [2.05, 4.69) is 12.1 Å². The molecule has 4 nitrogen and oxygen atoms in total. The summed E-state index contributed by atoms with van der Waals surface area (Å²) in [6.45, 7) is 2.04. The standard InChI is InChI=1S/C19H24N2O2.C6H12/c1-13-12-16(23-2)10-11-17(13)19(21)15-8-6-14(7-9-15)4-3-5-18(20)22;1-2-4-6-5-3-1/h6-12,19H,3-5,21H2,1-2H3,(H2,20,22);1-6H2. The summed E-state index contributed by atoms with van der Waals surface area (Å²) in [4.78, 5) is 10.8. The molecule has 1 amide bonds. The summed E-state index contributed by atoms with van der Waals surface area (Å²) >= 11 is 0. The third-order valence-electron chi connectivity index (χ3n) is 5.54. The van der Waals surface area contributed by atoms with E-state index in [0.29, 0.717) is 6.42 Å². The summed E-state index contributed by atoms with van der Waals surface area (Å²) in [6, 6.07) is 14.0. The van der Waals surface area contributed by atoms with Gasteiger partial charge in [0.1, 0.15) is 5.75 Å².